The molecule has 0 unspecified atom stereocenters. The van der Waals surface area contributed by atoms with E-state index in [4.69, 9.17) is 0 Å². The predicted octanol–water partition coefficient (Wildman–Crippen LogP) is 2.59. The number of carbonyl (C=O) groups excluding carboxylic acids is 1. The minimum absolute atomic E-state index is 0.0960. The van der Waals surface area contributed by atoms with Gasteiger partial charge in [0, 0.05) is 11.4 Å². The monoisotopic (exact) mass is 366 g/mol. The Morgan fingerprint density at radius 1 is 1.19 bits per heavy atom. The summed E-state index contributed by atoms with van der Waals surface area (Å²) in [6.45, 7) is 2.44. The summed E-state index contributed by atoms with van der Waals surface area (Å²) in [6, 6.07) is 13.6. The van der Waals surface area contributed by atoms with E-state index in [0.29, 0.717) is 12.1 Å². The lowest BCUT2D eigenvalue weighted by Gasteiger charge is -2.07. The van der Waals surface area contributed by atoms with Crippen LogP contribution in [-0.2, 0) is 24.3 Å². The molecular formula is C19H18N4O2S. The minimum Gasteiger partial charge on any atom is -0.350 e. The maximum absolute atomic E-state index is 12.7. The standard InChI is InChI=1S/C19H18N4O2S/c1-2-14-8-15-17(26-14)9-16-19(25)23(21-12-22(15)16)11-18(24)20-10-13-6-4-3-5-7-13/h3-9,12H,2,10-11H2,1H3,(H,20,24). The number of aromatic nitrogens is 3. The number of carbonyl (C=O) groups is 1. The molecule has 1 N–H and O–H groups in total. The highest BCUT2D eigenvalue weighted by Gasteiger charge is 2.13. The van der Waals surface area contributed by atoms with Crippen LogP contribution in [0.5, 0.6) is 0 Å². The molecule has 4 rings (SSSR count). The van der Waals surface area contributed by atoms with Crippen LogP contribution < -0.4 is 10.9 Å². The second-order valence-electron chi connectivity index (χ2n) is 6.07. The van der Waals surface area contributed by atoms with E-state index in [0.717, 1.165) is 22.2 Å². The van der Waals surface area contributed by atoms with Gasteiger partial charge in [-0.2, -0.15) is 5.10 Å². The van der Waals surface area contributed by atoms with Crippen molar-refractivity contribution in [2.75, 3.05) is 0 Å². The summed E-state index contributed by atoms with van der Waals surface area (Å²) in [5.41, 5.74) is 2.28. The van der Waals surface area contributed by atoms with Gasteiger partial charge in [0.05, 0.1) is 10.2 Å². The van der Waals surface area contributed by atoms with Crippen molar-refractivity contribution in [2.24, 2.45) is 0 Å². The second-order valence-corrected chi connectivity index (χ2v) is 7.24. The number of amides is 1. The SMILES string of the molecule is CCc1cc2c(cc3c(=O)n(CC(=O)NCc4ccccc4)ncn32)s1. The molecule has 0 radical (unpaired) electrons. The molecule has 1 amide bonds. The first kappa shape index (κ1) is 16.5. The Bertz CT molecular complexity index is 1140. The fourth-order valence-corrected chi connectivity index (χ4v) is 3.95. The molecule has 0 fully saturated rings. The molecule has 6 nitrogen and oxygen atoms in total. The van der Waals surface area contributed by atoms with Gasteiger partial charge in [0.1, 0.15) is 18.4 Å². The zero-order valence-electron chi connectivity index (χ0n) is 14.3. The van der Waals surface area contributed by atoms with E-state index < -0.39 is 0 Å². The molecule has 0 aliphatic rings. The highest BCUT2D eigenvalue weighted by atomic mass is 32.1. The summed E-state index contributed by atoms with van der Waals surface area (Å²) in [4.78, 5) is 26.1. The largest absolute Gasteiger partial charge is 0.350 e. The molecule has 4 aromatic rings. The maximum atomic E-state index is 12.7. The first-order chi connectivity index (χ1) is 12.7. The highest BCUT2D eigenvalue weighted by Crippen LogP contribution is 2.27. The van der Waals surface area contributed by atoms with Crippen LogP contribution in [0.25, 0.3) is 15.7 Å². The quantitative estimate of drug-likeness (QED) is 0.590. The van der Waals surface area contributed by atoms with E-state index >= 15 is 0 Å². The molecule has 0 bridgehead atoms. The van der Waals surface area contributed by atoms with Crippen LogP contribution >= 0.6 is 11.3 Å². The van der Waals surface area contributed by atoms with E-state index in [1.165, 1.54) is 9.56 Å². The van der Waals surface area contributed by atoms with Crippen LogP contribution in [0.3, 0.4) is 0 Å². The molecule has 3 aromatic heterocycles. The Balaban J connectivity index is 1.55. The fraction of sp³-hybridized carbons (Fsp3) is 0.211. The van der Waals surface area contributed by atoms with Gasteiger partial charge < -0.3 is 5.32 Å². The van der Waals surface area contributed by atoms with E-state index in [2.05, 4.69) is 23.4 Å². The van der Waals surface area contributed by atoms with Crippen LogP contribution in [0.4, 0.5) is 0 Å². The lowest BCUT2D eigenvalue weighted by molar-refractivity contribution is -0.122. The first-order valence-electron chi connectivity index (χ1n) is 8.46. The minimum atomic E-state index is -0.260. The number of nitrogens with zero attached hydrogens (tertiary/aromatic N) is 3. The number of hydrogen-bond donors (Lipinski definition) is 1. The molecule has 7 heteroatoms. The highest BCUT2D eigenvalue weighted by molar-refractivity contribution is 7.19. The lowest BCUT2D eigenvalue weighted by Crippen LogP contribution is -2.33. The van der Waals surface area contributed by atoms with Gasteiger partial charge in [0.2, 0.25) is 5.91 Å². The van der Waals surface area contributed by atoms with Gasteiger partial charge >= 0.3 is 0 Å². The number of hydrogen-bond acceptors (Lipinski definition) is 4. The van der Waals surface area contributed by atoms with Crippen LogP contribution in [0.15, 0.2) is 53.6 Å². The second kappa shape index (κ2) is 6.76. The van der Waals surface area contributed by atoms with Gasteiger partial charge in [-0.25, -0.2) is 4.68 Å². The van der Waals surface area contributed by atoms with Crippen molar-refractivity contribution in [3.8, 4) is 0 Å². The number of fused-ring (bicyclic) bond motifs is 3. The van der Waals surface area contributed by atoms with E-state index in [-0.39, 0.29) is 18.0 Å². The van der Waals surface area contributed by atoms with Gasteiger partial charge in [-0.15, -0.1) is 11.3 Å². The van der Waals surface area contributed by atoms with E-state index in [9.17, 15) is 9.59 Å². The maximum Gasteiger partial charge on any atom is 0.291 e. The molecule has 3 heterocycles. The van der Waals surface area contributed by atoms with Crippen LogP contribution in [0.1, 0.15) is 17.4 Å². The normalized spacial score (nSPS) is 11.3. The molecule has 0 spiro atoms. The lowest BCUT2D eigenvalue weighted by atomic mass is 10.2. The van der Waals surface area contributed by atoms with Crippen LogP contribution in [0, 0.1) is 0 Å². The average molecular weight is 366 g/mol. The number of aryl methyl sites for hydroxylation is 1. The van der Waals surface area contributed by atoms with Crippen LogP contribution in [-0.4, -0.2) is 20.1 Å². The first-order valence-corrected chi connectivity index (χ1v) is 9.27. The third kappa shape index (κ3) is 3.01. The zero-order valence-corrected chi connectivity index (χ0v) is 15.1. The van der Waals surface area contributed by atoms with Crippen molar-refractivity contribution >= 4 is 33.0 Å². The predicted molar refractivity (Wildman–Crippen MR) is 103 cm³/mol. The van der Waals surface area contributed by atoms with Gasteiger partial charge in [-0.3, -0.25) is 14.0 Å². The van der Waals surface area contributed by atoms with Gasteiger partial charge in [0.25, 0.3) is 5.56 Å². The Morgan fingerprint density at radius 2 is 2.00 bits per heavy atom. The fourth-order valence-electron chi connectivity index (χ4n) is 2.92. The number of nitrogens with one attached hydrogen (secondary N) is 1. The number of benzene rings is 1. The van der Waals surface area contributed by atoms with E-state index in [1.54, 1.807) is 22.1 Å². The number of thiophene rings is 1. The average Bonchev–Trinajstić information content (AvgIpc) is 3.21. The molecule has 0 saturated carbocycles. The van der Waals surface area contributed by atoms with Gasteiger partial charge in [-0.05, 0) is 24.1 Å². The molecule has 0 saturated heterocycles. The molecule has 1 aromatic carbocycles. The van der Waals surface area contributed by atoms with Crippen molar-refractivity contribution in [3.63, 3.8) is 0 Å². The zero-order chi connectivity index (χ0) is 18.1. The molecule has 26 heavy (non-hydrogen) atoms. The number of rotatable bonds is 5. The summed E-state index contributed by atoms with van der Waals surface area (Å²) in [6.07, 6.45) is 2.57. The molecule has 0 aliphatic carbocycles. The Hall–Kier alpha value is -2.93. The third-order valence-corrected chi connectivity index (χ3v) is 5.53. The summed E-state index contributed by atoms with van der Waals surface area (Å²) >= 11 is 1.68. The summed E-state index contributed by atoms with van der Waals surface area (Å²) in [7, 11) is 0. The molecule has 132 valence electrons. The van der Waals surface area contributed by atoms with Gasteiger partial charge in [-0.1, -0.05) is 37.3 Å². The Kier molecular flexibility index (Phi) is 4.30. The van der Waals surface area contributed by atoms with Crippen molar-refractivity contribution in [1.82, 2.24) is 19.5 Å². The van der Waals surface area contributed by atoms with Crippen molar-refractivity contribution in [3.05, 3.63) is 69.6 Å². The molecule has 0 aliphatic heterocycles. The van der Waals surface area contributed by atoms with E-state index in [1.807, 2.05) is 36.4 Å². The van der Waals surface area contributed by atoms with Gasteiger partial charge in [0.15, 0.2) is 0 Å². The summed E-state index contributed by atoms with van der Waals surface area (Å²) in [5.74, 6) is -0.241. The molecular weight excluding hydrogens is 348 g/mol. The van der Waals surface area contributed by atoms with Crippen LogP contribution in [0.2, 0.25) is 0 Å². The third-order valence-electron chi connectivity index (χ3n) is 4.31. The Morgan fingerprint density at radius 3 is 2.77 bits per heavy atom. The van der Waals surface area contributed by atoms with Crippen molar-refractivity contribution in [2.45, 2.75) is 26.4 Å². The smallest absolute Gasteiger partial charge is 0.291 e. The summed E-state index contributed by atoms with van der Waals surface area (Å²) in [5, 5.41) is 6.99. The topological polar surface area (TPSA) is 68.4 Å². The summed E-state index contributed by atoms with van der Waals surface area (Å²) < 4.78 is 4.07. The molecule has 0 atom stereocenters. The van der Waals surface area contributed by atoms with Crippen molar-refractivity contribution in [1.29, 1.82) is 0 Å². The Labute approximate surface area is 153 Å². The van der Waals surface area contributed by atoms with Crippen molar-refractivity contribution < 1.29 is 4.79 Å².